The lowest BCUT2D eigenvalue weighted by Crippen LogP contribution is -2.58. The van der Waals surface area contributed by atoms with Gasteiger partial charge in [0.1, 0.15) is 0 Å². The molecule has 5 nitrogen and oxygen atoms in total. The summed E-state index contributed by atoms with van der Waals surface area (Å²) < 4.78 is 27.3. The molecule has 2 heterocycles. The Morgan fingerprint density at radius 3 is 2.44 bits per heavy atom. The number of carbonyl (C=O) groups excluding carboxylic acids is 1. The number of hydrogen-bond acceptors (Lipinski definition) is 3. The second kappa shape index (κ2) is 6.46. The molecule has 4 rings (SSSR count). The summed E-state index contributed by atoms with van der Waals surface area (Å²) in [7, 11) is -3.57. The van der Waals surface area contributed by atoms with Crippen LogP contribution in [0.1, 0.15) is 36.6 Å². The number of benzene rings is 2. The maximum Gasteiger partial charge on any atom is 0.238 e. The monoisotopic (exact) mass is 384 g/mol. The van der Waals surface area contributed by atoms with Crippen molar-refractivity contribution >= 4 is 15.9 Å². The van der Waals surface area contributed by atoms with Crippen LogP contribution in [-0.2, 0) is 26.0 Å². The van der Waals surface area contributed by atoms with E-state index < -0.39 is 10.0 Å². The Morgan fingerprint density at radius 2 is 1.70 bits per heavy atom. The van der Waals surface area contributed by atoms with E-state index in [1.54, 1.807) is 12.1 Å². The molecule has 142 valence electrons. The molecule has 1 atom stereocenters. The Bertz CT molecular complexity index is 970. The summed E-state index contributed by atoms with van der Waals surface area (Å²) in [5, 5.41) is 0. The third-order valence-corrected chi connectivity index (χ3v) is 7.35. The maximum absolute atomic E-state index is 13.0. The molecular formula is C21H24N2O3S. The molecule has 2 aliphatic rings. The molecule has 2 aromatic rings. The number of piperazine rings is 1. The van der Waals surface area contributed by atoms with Crippen LogP contribution in [0.4, 0.5) is 0 Å². The average molecular weight is 385 g/mol. The van der Waals surface area contributed by atoms with E-state index in [0.717, 1.165) is 11.1 Å². The third kappa shape index (κ3) is 3.28. The zero-order chi connectivity index (χ0) is 19.2. The van der Waals surface area contributed by atoms with Crippen LogP contribution in [0.2, 0.25) is 0 Å². The average Bonchev–Trinajstić information content (AvgIpc) is 2.63. The second-order valence-corrected chi connectivity index (χ2v) is 10.0. The van der Waals surface area contributed by atoms with Gasteiger partial charge in [0.15, 0.2) is 0 Å². The van der Waals surface area contributed by atoms with Crippen LogP contribution in [0.25, 0.3) is 0 Å². The van der Waals surface area contributed by atoms with Crippen molar-refractivity contribution in [2.24, 2.45) is 0 Å². The minimum Gasteiger partial charge on any atom is -0.332 e. The third-order valence-electron chi connectivity index (χ3n) is 5.58. The van der Waals surface area contributed by atoms with Crippen LogP contribution in [0.3, 0.4) is 0 Å². The first-order chi connectivity index (χ1) is 12.8. The van der Waals surface area contributed by atoms with Crippen molar-refractivity contribution in [2.75, 3.05) is 19.6 Å². The first-order valence-electron chi connectivity index (χ1n) is 9.18. The van der Waals surface area contributed by atoms with E-state index in [2.05, 4.69) is 19.9 Å². The topological polar surface area (TPSA) is 57.7 Å². The van der Waals surface area contributed by atoms with E-state index in [1.807, 2.05) is 41.3 Å². The largest absolute Gasteiger partial charge is 0.332 e. The molecule has 1 fully saturated rings. The number of amides is 1. The van der Waals surface area contributed by atoms with Crippen molar-refractivity contribution < 1.29 is 13.2 Å². The van der Waals surface area contributed by atoms with Crippen LogP contribution in [0, 0.1) is 0 Å². The van der Waals surface area contributed by atoms with Crippen molar-refractivity contribution in [3.63, 3.8) is 0 Å². The van der Waals surface area contributed by atoms with Gasteiger partial charge >= 0.3 is 0 Å². The van der Waals surface area contributed by atoms with E-state index >= 15 is 0 Å². The van der Waals surface area contributed by atoms with Gasteiger partial charge in [0, 0.05) is 18.5 Å². The lowest BCUT2D eigenvalue weighted by molar-refractivity contribution is -0.139. The minimum absolute atomic E-state index is 0.0795. The maximum atomic E-state index is 13.0. The molecular weight excluding hydrogens is 360 g/mol. The van der Waals surface area contributed by atoms with Crippen LogP contribution >= 0.6 is 0 Å². The quantitative estimate of drug-likeness (QED) is 0.818. The van der Waals surface area contributed by atoms with Gasteiger partial charge in [-0.25, -0.2) is 8.42 Å². The van der Waals surface area contributed by atoms with Crippen LogP contribution in [0.15, 0.2) is 54.6 Å². The fraction of sp³-hybridized carbons (Fsp3) is 0.381. The van der Waals surface area contributed by atoms with E-state index in [-0.39, 0.29) is 29.7 Å². The molecule has 0 N–H and O–H groups in total. The van der Waals surface area contributed by atoms with Gasteiger partial charge in [0.05, 0.1) is 18.3 Å². The summed E-state index contributed by atoms with van der Waals surface area (Å²) in [5.74, 6) is -0.202. The fourth-order valence-corrected chi connectivity index (χ4v) is 5.71. The Morgan fingerprint density at radius 1 is 1.04 bits per heavy atom. The first kappa shape index (κ1) is 18.2. The van der Waals surface area contributed by atoms with Crippen LogP contribution < -0.4 is 0 Å². The Hall–Kier alpha value is -2.18. The lowest BCUT2D eigenvalue weighted by atomic mass is 9.75. The Balaban J connectivity index is 1.66. The molecule has 6 heteroatoms. The molecule has 1 saturated heterocycles. The van der Waals surface area contributed by atoms with Crippen LogP contribution in [-0.4, -0.2) is 43.2 Å². The highest BCUT2D eigenvalue weighted by Crippen LogP contribution is 2.41. The van der Waals surface area contributed by atoms with Crippen molar-refractivity contribution in [3.05, 3.63) is 71.3 Å². The van der Waals surface area contributed by atoms with Crippen LogP contribution in [0.5, 0.6) is 0 Å². The van der Waals surface area contributed by atoms with E-state index in [1.165, 1.54) is 9.87 Å². The summed E-state index contributed by atoms with van der Waals surface area (Å²) in [5.41, 5.74) is 2.84. The molecule has 0 saturated carbocycles. The minimum atomic E-state index is -3.57. The second-order valence-electron chi connectivity index (χ2n) is 8.04. The van der Waals surface area contributed by atoms with E-state index in [4.69, 9.17) is 0 Å². The summed E-state index contributed by atoms with van der Waals surface area (Å²) in [6.45, 7) is 5.11. The van der Waals surface area contributed by atoms with Crippen molar-refractivity contribution in [2.45, 2.75) is 31.1 Å². The van der Waals surface area contributed by atoms with Gasteiger partial charge in [-0.15, -0.1) is 0 Å². The number of hydrogen-bond donors (Lipinski definition) is 0. The molecule has 27 heavy (non-hydrogen) atoms. The molecule has 0 bridgehead atoms. The highest BCUT2D eigenvalue weighted by atomic mass is 32.2. The molecule has 2 aromatic carbocycles. The molecule has 1 amide bonds. The van der Waals surface area contributed by atoms with Gasteiger partial charge in [-0.2, -0.15) is 4.31 Å². The fourth-order valence-electron chi connectivity index (χ4n) is 4.24. The standard InChI is InChI=1S/C21H24N2O3S/c1-21(2)15-23-19(17-10-6-7-11-18(17)21)12-22(13-20(23)24)27(25,26)14-16-8-4-3-5-9-16/h3-11,19H,12-15H2,1-2H3. The number of fused-ring (bicyclic) bond motifs is 3. The summed E-state index contributed by atoms with van der Waals surface area (Å²) in [4.78, 5) is 14.7. The summed E-state index contributed by atoms with van der Waals surface area (Å²) in [6.07, 6.45) is 0. The zero-order valence-corrected chi connectivity index (χ0v) is 16.4. The van der Waals surface area contributed by atoms with E-state index in [9.17, 15) is 13.2 Å². The summed E-state index contributed by atoms with van der Waals surface area (Å²) in [6, 6.07) is 17.0. The number of sulfonamides is 1. The molecule has 2 aliphatic heterocycles. The number of rotatable bonds is 3. The highest BCUT2D eigenvalue weighted by Gasteiger charge is 2.45. The highest BCUT2D eigenvalue weighted by molar-refractivity contribution is 7.88. The van der Waals surface area contributed by atoms with Crippen molar-refractivity contribution in [1.82, 2.24) is 9.21 Å². The Labute approximate surface area is 160 Å². The Kier molecular flexibility index (Phi) is 4.35. The van der Waals surface area contributed by atoms with E-state index in [0.29, 0.717) is 13.1 Å². The molecule has 1 unspecified atom stereocenters. The van der Waals surface area contributed by atoms with Crippen molar-refractivity contribution in [1.29, 1.82) is 0 Å². The van der Waals surface area contributed by atoms with Gasteiger partial charge in [-0.05, 0) is 16.7 Å². The number of nitrogens with zero attached hydrogens (tertiary/aromatic N) is 2. The van der Waals surface area contributed by atoms with Gasteiger partial charge in [-0.1, -0.05) is 68.4 Å². The lowest BCUT2D eigenvalue weighted by Gasteiger charge is -2.49. The van der Waals surface area contributed by atoms with Crippen molar-refractivity contribution in [3.8, 4) is 0 Å². The predicted octanol–water partition coefficient (Wildman–Crippen LogP) is 2.69. The van der Waals surface area contributed by atoms with Gasteiger partial charge in [-0.3, -0.25) is 4.79 Å². The molecule has 0 spiro atoms. The van der Waals surface area contributed by atoms with Gasteiger partial charge < -0.3 is 4.90 Å². The zero-order valence-electron chi connectivity index (χ0n) is 15.6. The molecule has 0 aromatic heterocycles. The number of carbonyl (C=O) groups is 1. The smallest absolute Gasteiger partial charge is 0.238 e. The van der Waals surface area contributed by atoms with Gasteiger partial charge in [0.25, 0.3) is 0 Å². The predicted molar refractivity (Wildman–Crippen MR) is 105 cm³/mol. The SMILES string of the molecule is CC1(C)CN2C(=O)CN(S(=O)(=O)Cc3ccccc3)CC2c2ccccc21. The summed E-state index contributed by atoms with van der Waals surface area (Å²) >= 11 is 0. The normalized spacial score (nSPS) is 22.2. The molecule has 0 aliphatic carbocycles. The molecule has 0 radical (unpaired) electrons. The first-order valence-corrected chi connectivity index (χ1v) is 10.8. The van der Waals surface area contributed by atoms with Gasteiger partial charge in [0.2, 0.25) is 15.9 Å².